The van der Waals surface area contributed by atoms with Gasteiger partial charge >= 0.3 is 0 Å². The first-order valence-electron chi connectivity index (χ1n) is 6.13. The van der Waals surface area contributed by atoms with Crippen molar-refractivity contribution < 1.29 is 9.59 Å². The summed E-state index contributed by atoms with van der Waals surface area (Å²) in [5.41, 5.74) is 0.605. The molecule has 1 fully saturated rings. The Morgan fingerprint density at radius 1 is 1.33 bits per heavy atom. The Labute approximate surface area is 106 Å². The number of hydrogen-bond acceptors (Lipinski definition) is 4. The van der Waals surface area contributed by atoms with E-state index in [-0.39, 0.29) is 5.91 Å². The molecular weight excluding hydrogens is 230 g/mol. The summed E-state index contributed by atoms with van der Waals surface area (Å²) in [7, 11) is 0. The van der Waals surface area contributed by atoms with E-state index in [1.165, 1.54) is 0 Å². The molecule has 1 aliphatic rings. The normalized spacial score (nSPS) is 16.3. The Hall–Kier alpha value is -1.91. The van der Waals surface area contributed by atoms with Gasteiger partial charge in [-0.2, -0.15) is 0 Å². The van der Waals surface area contributed by atoms with Crippen LogP contribution in [0.25, 0.3) is 0 Å². The first-order chi connectivity index (χ1) is 8.72. The second-order valence-electron chi connectivity index (χ2n) is 4.38. The van der Waals surface area contributed by atoms with E-state index in [0.717, 1.165) is 38.2 Å². The fraction of sp³-hybridized carbons (Fsp3) is 0.462. The van der Waals surface area contributed by atoms with Crippen LogP contribution in [0.4, 0.5) is 5.82 Å². The molecule has 0 N–H and O–H groups in total. The van der Waals surface area contributed by atoms with Crippen LogP contribution in [0, 0.1) is 0 Å². The Bertz CT molecular complexity index is 448. The molecule has 0 aliphatic carbocycles. The number of nitrogens with zero attached hydrogens (tertiary/aromatic N) is 3. The number of rotatable bonds is 2. The molecule has 0 aromatic carbocycles. The van der Waals surface area contributed by atoms with E-state index < -0.39 is 0 Å². The van der Waals surface area contributed by atoms with Gasteiger partial charge in [0.05, 0.1) is 5.56 Å². The smallest absolute Gasteiger partial charge is 0.219 e. The van der Waals surface area contributed by atoms with Crippen LogP contribution in [0.1, 0.15) is 23.7 Å². The quantitative estimate of drug-likeness (QED) is 0.730. The summed E-state index contributed by atoms with van der Waals surface area (Å²) in [6, 6.07) is 3.52. The maximum Gasteiger partial charge on any atom is 0.219 e. The lowest BCUT2D eigenvalue weighted by Gasteiger charge is -2.23. The molecule has 2 rings (SSSR count). The summed E-state index contributed by atoms with van der Waals surface area (Å²) in [5.74, 6) is 0.825. The van der Waals surface area contributed by atoms with Crippen LogP contribution < -0.4 is 4.90 Å². The third kappa shape index (κ3) is 2.67. The highest BCUT2D eigenvalue weighted by atomic mass is 16.2. The van der Waals surface area contributed by atoms with E-state index >= 15 is 0 Å². The van der Waals surface area contributed by atoms with Crippen LogP contribution in [0.2, 0.25) is 0 Å². The largest absolute Gasteiger partial charge is 0.354 e. The van der Waals surface area contributed by atoms with Crippen LogP contribution in [-0.2, 0) is 4.79 Å². The van der Waals surface area contributed by atoms with Crippen LogP contribution in [0.15, 0.2) is 18.3 Å². The molecule has 1 saturated heterocycles. The molecule has 1 aliphatic heterocycles. The Balaban J connectivity index is 2.14. The van der Waals surface area contributed by atoms with Gasteiger partial charge in [-0.05, 0) is 18.6 Å². The first-order valence-corrected chi connectivity index (χ1v) is 6.13. The highest BCUT2D eigenvalue weighted by Crippen LogP contribution is 2.17. The maximum absolute atomic E-state index is 11.4. The van der Waals surface area contributed by atoms with Crippen molar-refractivity contribution in [2.45, 2.75) is 13.3 Å². The number of aldehydes is 1. The monoisotopic (exact) mass is 247 g/mol. The van der Waals surface area contributed by atoms with E-state index in [2.05, 4.69) is 9.88 Å². The lowest BCUT2D eigenvalue weighted by atomic mass is 10.2. The molecule has 0 bridgehead atoms. The van der Waals surface area contributed by atoms with Gasteiger partial charge in [-0.1, -0.05) is 0 Å². The molecule has 0 saturated carbocycles. The summed E-state index contributed by atoms with van der Waals surface area (Å²) in [6.07, 6.45) is 3.42. The average Bonchev–Trinajstić information content (AvgIpc) is 2.64. The van der Waals surface area contributed by atoms with Gasteiger partial charge in [-0.25, -0.2) is 4.98 Å². The van der Waals surface area contributed by atoms with Gasteiger partial charge in [-0.15, -0.1) is 0 Å². The van der Waals surface area contributed by atoms with Gasteiger partial charge < -0.3 is 9.80 Å². The molecule has 5 heteroatoms. The first kappa shape index (κ1) is 12.5. The van der Waals surface area contributed by atoms with Crippen molar-refractivity contribution in [3.8, 4) is 0 Å². The van der Waals surface area contributed by atoms with Crippen molar-refractivity contribution >= 4 is 18.0 Å². The third-order valence-corrected chi connectivity index (χ3v) is 3.18. The fourth-order valence-corrected chi connectivity index (χ4v) is 2.21. The fourth-order valence-electron chi connectivity index (χ4n) is 2.21. The predicted octanol–water partition coefficient (Wildman–Crippen LogP) is 0.953. The topological polar surface area (TPSA) is 53.5 Å². The second-order valence-corrected chi connectivity index (χ2v) is 4.38. The van der Waals surface area contributed by atoms with Gasteiger partial charge in [0.25, 0.3) is 0 Å². The van der Waals surface area contributed by atoms with Crippen LogP contribution in [0.3, 0.4) is 0 Å². The van der Waals surface area contributed by atoms with Crippen molar-refractivity contribution in [1.29, 1.82) is 0 Å². The molecule has 1 amide bonds. The third-order valence-electron chi connectivity index (χ3n) is 3.18. The predicted molar refractivity (Wildman–Crippen MR) is 68.7 cm³/mol. The number of aromatic nitrogens is 1. The zero-order valence-corrected chi connectivity index (χ0v) is 10.5. The van der Waals surface area contributed by atoms with Gasteiger partial charge in [0.1, 0.15) is 5.82 Å². The number of carbonyl (C=O) groups excluding carboxylic acids is 2. The van der Waals surface area contributed by atoms with E-state index in [4.69, 9.17) is 0 Å². The second kappa shape index (κ2) is 5.62. The highest BCUT2D eigenvalue weighted by molar-refractivity contribution is 5.82. The van der Waals surface area contributed by atoms with E-state index in [1.807, 2.05) is 4.90 Å². The molecule has 0 radical (unpaired) electrons. The van der Waals surface area contributed by atoms with Crippen molar-refractivity contribution in [1.82, 2.24) is 9.88 Å². The van der Waals surface area contributed by atoms with Crippen molar-refractivity contribution in [2.24, 2.45) is 0 Å². The van der Waals surface area contributed by atoms with Crippen molar-refractivity contribution in [2.75, 3.05) is 31.1 Å². The number of carbonyl (C=O) groups is 2. The zero-order chi connectivity index (χ0) is 13.0. The van der Waals surface area contributed by atoms with Crippen LogP contribution in [-0.4, -0.2) is 48.3 Å². The van der Waals surface area contributed by atoms with Crippen molar-refractivity contribution in [3.63, 3.8) is 0 Å². The Kier molecular flexibility index (Phi) is 3.92. The lowest BCUT2D eigenvalue weighted by Crippen LogP contribution is -2.34. The molecule has 5 nitrogen and oxygen atoms in total. The molecule has 96 valence electrons. The number of pyridine rings is 1. The summed E-state index contributed by atoms with van der Waals surface area (Å²) in [5, 5.41) is 0. The van der Waals surface area contributed by atoms with Crippen LogP contribution in [0.5, 0.6) is 0 Å². The molecule has 1 aromatic heterocycles. The van der Waals surface area contributed by atoms with E-state index in [9.17, 15) is 9.59 Å². The standard InChI is InChI=1S/C13H17N3O2/c1-11(18)15-6-3-7-16(9-8-15)13-12(10-17)4-2-5-14-13/h2,4-5,10H,3,6-9H2,1H3. The van der Waals surface area contributed by atoms with Gasteiger partial charge in [-0.3, -0.25) is 9.59 Å². The highest BCUT2D eigenvalue weighted by Gasteiger charge is 2.18. The van der Waals surface area contributed by atoms with Crippen molar-refractivity contribution in [3.05, 3.63) is 23.9 Å². The molecule has 1 aromatic rings. The van der Waals surface area contributed by atoms with Gasteiger partial charge in [0.2, 0.25) is 5.91 Å². The number of amides is 1. The SMILES string of the molecule is CC(=O)N1CCCN(c2ncccc2C=O)CC1. The lowest BCUT2D eigenvalue weighted by molar-refractivity contribution is -0.128. The Morgan fingerprint density at radius 2 is 2.17 bits per heavy atom. The number of anilines is 1. The summed E-state index contributed by atoms with van der Waals surface area (Å²) >= 11 is 0. The zero-order valence-electron chi connectivity index (χ0n) is 10.5. The van der Waals surface area contributed by atoms with Crippen LogP contribution >= 0.6 is 0 Å². The minimum atomic E-state index is 0.105. The average molecular weight is 247 g/mol. The minimum absolute atomic E-state index is 0.105. The maximum atomic E-state index is 11.4. The summed E-state index contributed by atoms with van der Waals surface area (Å²) < 4.78 is 0. The molecule has 18 heavy (non-hydrogen) atoms. The van der Waals surface area contributed by atoms with E-state index in [1.54, 1.807) is 25.3 Å². The molecule has 2 heterocycles. The Morgan fingerprint density at radius 3 is 2.89 bits per heavy atom. The van der Waals surface area contributed by atoms with E-state index in [0.29, 0.717) is 12.1 Å². The van der Waals surface area contributed by atoms with Gasteiger partial charge in [0, 0.05) is 39.3 Å². The van der Waals surface area contributed by atoms with Gasteiger partial charge in [0.15, 0.2) is 6.29 Å². The number of hydrogen-bond donors (Lipinski definition) is 0. The molecule has 0 spiro atoms. The molecular formula is C13H17N3O2. The summed E-state index contributed by atoms with van der Waals surface area (Å²) in [6.45, 7) is 4.59. The molecule has 0 atom stereocenters. The minimum Gasteiger partial charge on any atom is -0.354 e. The summed E-state index contributed by atoms with van der Waals surface area (Å²) in [4.78, 5) is 30.5. The molecule has 0 unspecified atom stereocenters.